The molecule has 0 aliphatic carbocycles. The lowest BCUT2D eigenvalue weighted by atomic mass is 10.2. The van der Waals surface area contributed by atoms with Gasteiger partial charge in [-0.3, -0.25) is 4.79 Å². The van der Waals surface area contributed by atoms with E-state index >= 15 is 0 Å². The molecule has 0 bridgehead atoms. The average Bonchev–Trinajstić information content (AvgIpc) is 2.31. The largest absolute Gasteiger partial charge is 0.398 e. The summed E-state index contributed by atoms with van der Waals surface area (Å²) in [5, 5.41) is 0. The highest BCUT2D eigenvalue weighted by molar-refractivity contribution is 9.10. The zero-order valence-corrected chi connectivity index (χ0v) is 12.5. The Bertz CT molecular complexity index is 421. The van der Waals surface area contributed by atoms with Crippen molar-refractivity contribution in [2.24, 2.45) is 0 Å². The van der Waals surface area contributed by atoms with Gasteiger partial charge >= 0.3 is 0 Å². The molecule has 0 fully saturated rings. The topological polar surface area (TPSA) is 55.6 Å². The summed E-state index contributed by atoms with van der Waals surface area (Å²) < 4.78 is 6.15. The third-order valence-electron chi connectivity index (χ3n) is 2.47. The van der Waals surface area contributed by atoms with E-state index < -0.39 is 0 Å². The summed E-state index contributed by atoms with van der Waals surface area (Å²) >= 11 is 3.31. The van der Waals surface area contributed by atoms with Gasteiger partial charge in [0.2, 0.25) is 0 Å². The minimum absolute atomic E-state index is 0.0388. The Morgan fingerprint density at radius 3 is 2.72 bits per heavy atom. The Kier molecular flexibility index (Phi) is 5.62. The van der Waals surface area contributed by atoms with Crippen molar-refractivity contribution in [2.75, 3.05) is 25.9 Å². The van der Waals surface area contributed by atoms with Crippen molar-refractivity contribution in [3.63, 3.8) is 0 Å². The van der Waals surface area contributed by atoms with Gasteiger partial charge < -0.3 is 15.4 Å². The predicted molar refractivity (Wildman–Crippen MR) is 76.6 cm³/mol. The van der Waals surface area contributed by atoms with Crippen LogP contribution in [0, 0.1) is 0 Å². The number of halogens is 1. The van der Waals surface area contributed by atoms with Gasteiger partial charge in [0.1, 0.15) is 0 Å². The van der Waals surface area contributed by atoms with Gasteiger partial charge in [-0.15, -0.1) is 0 Å². The van der Waals surface area contributed by atoms with E-state index in [1.807, 2.05) is 13.8 Å². The molecular formula is C13H19BrN2O2. The molecule has 1 aromatic rings. The number of nitrogen functional groups attached to an aromatic ring is 1. The predicted octanol–water partition coefficient (Wildman–Crippen LogP) is 2.53. The van der Waals surface area contributed by atoms with Crippen LogP contribution in [0.2, 0.25) is 0 Å². The van der Waals surface area contributed by atoms with Gasteiger partial charge in [-0.2, -0.15) is 0 Å². The number of hydrogen-bond donors (Lipinski definition) is 1. The molecule has 0 radical (unpaired) electrons. The first-order chi connectivity index (χ1) is 8.41. The second-order valence-electron chi connectivity index (χ2n) is 4.38. The van der Waals surface area contributed by atoms with Crippen molar-refractivity contribution in [1.82, 2.24) is 4.90 Å². The van der Waals surface area contributed by atoms with E-state index in [2.05, 4.69) is 15.9 Å². The summed E-state index contributed by atoms with van der Waals surface area (Å²) in [7, 11) is 1.76. The third kappa shape index (κ3) is 4.31. The Balaban J connectivity index is 2.60. The van der Waals surface area contributed by atoms with Gasteiger partial charge in [0.05, 0.1) is 12.7 Å². The van der Waals surface area contributed by atoms with E-state index in [0.717, 1.165) is 4.47 Å². The molecule has 0 aromatic heterocycles. The molecule has 0 aliphatic rings. The Hall–Kier alpha value is -1.07. The quantitative estimate of drug-likeness (QED) is 0.850. The van der Waals surface area contributed by atoms with E-state index in [1.165, 1.54) is 0 Å². The van der Waals surface area contributed by atoms with Crippen LogP contribution in [-0.4, -0.2) is 37.1 Å². The van der Waals surface area contributed by atoms with E-state index in [-0.39, 0.29) is 12.0 Å². The van der Waals surface area contributed by atoms with Gasteiger partial charge in [0.15, 0.2) is 0 Å². The van der Waals surface area contributed by atoms with Crippen LogP contribution >= 0.6 is 15.9 Å². The van der Waals surface area contributed by atoms with E-state index in [0.29, 0.717) is 24.4 Å². The second-order valence-corrected chi connectivity index (χ2v) is 5.24. The number of nitrogens with zero attached hydrogens (tertiary/aromatic N) is 1. The van der Waals surface area contributed by atoms with Gasteiger partial charge in [0.25, 0.3) is 5.91 Å². The first kappa shape index (κ1) is 15.0. The van der Waals surface area contributed by atoms with Crippen LogP contribution < -0.4 is 5.73 Å². The third-order valence-corrected chi connectivity index (χ3v) is 3.16. The lowest BCUT2D eigenvalue weighted by molar-refractivity contribution is 0.0532. The molecule has 0 heterocycles. The number of carbonyl (C=O) groups is 1. The van der Waals surface area contributed by atoms with Gasteiger partial charge in [0, 0.05) is 29.3 Å². The van der Waals surface area contributed by atoms with Crippen LogP contribution in [0.4, 0.5) is 5.69 Å². The number of likely N-dealkylation sites (N-methyl/N-ethyl adjacent to an activating group) is 1. The van der Waals surface area contributed by atoms with E-state index in [4.69, 9.17) is 10.5 Å². The minimum atomic E-state index is -0.0388. The zero-order chi connectivity index (χ0) is 13.7. The van der Waals surface area contributed by atoms with Crippen LogP contribution in [0.15, 0.2) is 22.7 Å². The summed E-state index contributed by atoms with van der Waals surface area (Å²) in [5.74, 6) is -0.0388. The normalized spacial score (nSPS) is 10.7. The molecule has 1 aromatic carbocycles. The molecule has 1 amide bonds. The summed E-state index contributed by atoms with van der Waals surface area (Å²) in [5.41, 5.74) is 6.92. The maximum atomic E-state index is 12.1. The highest BCUT2D eigenvalue weighted by Crippen LogP contribution is 2.21. The summed E-state index contributed by atoms with van der Waals surface area (Å²) in [4.78, 5) is 13.7. The molecule has 0 aliphatic heterocycles. The summed E-state index contributed by atoms with van der Waals surface area (Å²) in [6, 6.07) is 5.18. The number of anilines is 1. The standard InChI is InChI=1S/C13H19BrN2O2/c1-9(2)18-7-6-16(3)13(17)10-4-5-12(15)11(14)8-10/h4-5,8-9H,6-7,15H2,1-3H3. The van der Waals surface area contributed by atoms with Gasteiger partial charge in [-0.1, -0.05) is 0 Å². The monoisotopic (exact) mass is 314 g/mol. The molecule has 4 nitrogen and oxygen atoms in total. The van der Waals surface area contributed by atoms with E-state index in [1.54, 1.807) is 30.1 Å². The number of hydrogen-bond acceptors (Lipinski definition) is 3. The van der Waals surface area contributed by atoms with Crippen LogP contribution in [0.25, 0.3) is 0 Å². The first-order valence-corrected chi connectivity index (χ1v) is 6.63. The molecule has 18 heavy (non-hydrogen) atoms. The van der Waals surface area contributed by atoms with Crippen LogP contribution in [-0.2, 0) is 4.74 Å². The van der Waals surface area contributed by atoms with Crippen molar-refractivity contribution < 1.29 is 9.53 Å². The fourth-order valence-electron chi connectivity index (χ4n) is 1.41. The highest BCUT2D eigenvalue weighted by atomic mass is 79.9. The van der Waals surface area contributed by atoms with Crippen LogP contribution in [0.1, 0.15) is 24.2 Å². The SMILES string of the molecule is CC(C)OCCN(C)C(=O)c1ccc(N)c(Br)c1. The molecular weight excluding hydrogens is 296 g/mol. The number of rotatable bonds is 5. The number of benzene rings is 1. The fourth-order valence-corrected chi connectivity index (χ4v) is 1.79. The molecule has 5 heteroatoms. The van der Waals surface area contributed by atoms with Crippen molar-refractivity contribution in [3.05, 3.63) is 28.2 Å². The first-order valence-electron chi connectivity index (χ1n) is 5.84. The van der Waals surface area contributed by atoms with E-state index in [9.17, 15) is 4.79 Å². The van der Waals surface area contributed by atoms with Crippen molar-refractivity contribution >= 4 is 27.5 Å². The molecule has 2 N–H and O–H groups in total. The number of carbonyl (C=O) groups excluding carboxylic acids is 1. The lowest BCUT2D eigenvalue weighted by Gasteiger charge is -2.18. The molecule has 0 spiro atoms. The van der Waals surface area contributed by atoms with Gasteiger partial charge in [-0.25, -0.2) is 0 Å². The summed E-state index contributed by atoms with van der Waals surface area (Å²) in [6.45, 7) is 5.05. The molecule has 0 unspecified atom stereocenters. The smallest absolute Gasteiger partial charge is 0.253 e. The maximum Gasteiger partial charge on any atom is 0.253 e. The summed E-state index contributed by atoms with van der Waals surface area (Å²) in [6.07, 6.45) is 0.180. The molecule has 1 rings (SSSR count). The number of nitrogens with two attached hydrogens (primary N) is 1. The van der Waals surface area contributed by atoms with Crippen molar-refractivity contribution in [2.45, 2.75) is 20.0 Å². The number of ether oxygens (including phenoxy) is 1. The van der Waals surface area contributed by atoms with Crippen molar-refractivity contribution in [3.8, 4) is 0 Å². The Labute approximate surface area is 116 Å². The highest BCUT2D eigenvalue weighted by Gasteiger charge is 2.12. The molecule has 100 valence electrons. The second kappa shape index (κ2) is 6.75. The lowest BCUT2D eigenvalue weighted by Crippen LogP contribution is -2.30. The zero-order valence-electron chi connectivity index (χ0n) is 10.9. The molecule has 0 saturated carbocycles. The van der Waals surface area contributed by atoms with Crippen LogP contribution in [0.3, 0.4) is 0 Å². The van der Waals surface area contributed by atoms with Gasteiger partial charge in [-0.05, 0) is 48.0 Å². The Morgan fingerprint density at radius 2 is 2.17 bits per heavy atom. The van der Waals surface area contributed by atoms with Crippen LogP contribution in [0.5, 0.6) is 0 Å². The Morgan fingerprint density at radius 1 is 1.50 bits per heavy atom. The fraction of sp³-hybridized carbons (Fsp3) is 0.462. The maximum absolute atomic E-state index is 12.1. The molecule has 0 atom stereocenters. The number of amides is 1. The molecule has 0 saturated heterocycles. The average molecular weight is 315 g/mol. The minimum Gasteiger partial charge on any atom is -0.398 e. The van der Waals surface area contributed by atoms with Crippen molar-refractivity contribution in [1.29, 1.82) is 0 Å².